The van der Waals surface area contributed by atoms with E-state index in [-0.39, 0.29) is 0 Å². The van der Waals surface area contributed by atoms with Crippen LogP contribution < -0.4 is 4.90 Å². The van der Waals surface area contributed by atoms with Crippen molar-refractivity contribution in [3.05, 3.63) is 28.8 Å². The van der Waals surface area contributed by atoms with Crippen molar-refractivity contribution in [2.24, 2.45) is 5.41 Å². The molecule has 0 unspecified atom stereocenters. The van der Waals surface area contributed by atoms with Crippen LogP contribution in [0.2, 0.25) is 5.02 Å². The average molecular weight is 275 g/mol. The monoisotopic (exact) mass is 274 g/mol. The maximum atomic E-state index is 9.27. The Balaban J connectivity index is 1.79. The van der Waals surface area contributed by atoms with E-state index >= 15 is 0 Å². The van der Waals surface area contributed by atoms with Crippen LogP contribution in [-0.4, -0.2) is 13.1 Å². The van der Waals surface area contributed by atoms with Crippen LogP contribution in [0.5, 0.6) is 0 Å². The summed E-state index contributed by atoms with van der Waals surface area (Å²) in [7, 11) is 0. The van der Waals surface area contributed by atoms with Gasteiger partial charge in [-0.2, -0.15) is 5.26 Å². The van der Waals surface area contributed by atoms with Gasteiger partial charge in [0, 0.05) is 13.1 Å². The van der Waals surface area contributed by atoms with Crippen molar-refractivity contribution in [1.82, 2.24) is 0 Å². The van der Waals surface area contributed by atoms with Gasteiger partial charge in [0.15, 0.2) is 0 Å². The number of benzene rings is 1. The molecule has 100 valence electrons. The highest BCUT2D eigenvalue weighted by Crippen LogP contribution is 2.47. The zero-order chi connectivity index (χ0) is 13.3. The molecule has 3 rings (SSSR count). The van der Waals surface area contributed by atoms with Gasteiger partial charge in [0.05, 0.1) is 16.3 Å². The molecule has 2 nitrogen and oxygen atoms in total. The second kappa shape index (κ2) is 5.06. The number of nitriles is 1. The van der Waals surface area contributed by atoms with E-state index in [0.717, 1.165) is 18.8 Å². The average Bonchev–Trinajstić information content (AvgIpc) is 2.88. The lowest BCUT2D eigenvalue weighted by Gasteiger charge is -2.40. The highest BCUT2D eigenvalue weighted by atomic mass is 35.5. The number of piperidine rings is 1. The summed E-state index contributed by atoms with van der Waals surface area (Å²) in [5.41, 5.74) is 2.26. The van der Waals surface area contributed by atoms with E-state index in [1.54, 1.807) is 6.07 Å². The summed E-state index contributed by atoms with van der Waals surface area (Å²) in [5.74, 6) is 0. The molecule has 1 heterocycles. The Morgan fingerprint density at radius 2 is 1.79 bits per heavy atom. The lowest BCUT2D eigenvalue weighted by molar-refractivity contribution is 0.226. The second-order valence-electron chi connectivity index (χ2n) is 5.94. The highest BCUT2D eigenvalue weighted by molar-refractivity contribution is 6.32. The lowest BCUT2D eigenvalue weighted by Crippen LogP contribution is -2.39. The van der Waals surface area contributed by atoms with Gasteiger partial charge in [0.1, 0.15) is 6.07 Å². The quantitative estimate of drug-likeness (QED) is 0.760. The topological polar surface area (TPSA) is 27.0 Å². The first kappa shape index (κ1) is 12.8. The summed E-state index contributed by atoms with van der Waals surface area (Å²) in [5, 5.41) is 9.84. The van der Waals surface area contributed by atoms with Crippen LogP contribution in [-0.2, 0) is 0 Å². The van der Waals surface area contributed by atoms with Gasteiger partial charge in [-0.25, -0.2) is 0 Å². The molecule has 1 saturated heterocycles. The van der Waals surface area contributed by atoms with Crippen molar-refractivity contribution in [3.8, 4) is 6.07 Å². The van der Waals surface area contributed by atoms with Crippen LogP contribution in [0.4, 0.5) is 5.69 Å². The molecule has 0 aromatic heterocycles. The molecule has 3 heteroatoms. The van der Waals surface area contributed by atoms with Crippen LogP contribution in [0.15, 0.2) is 18.2 Å². The van der Waals surface area contributed by atoms with Crippen LogP contribution in [0.3, 0.4) is 0 Å². The molecule has 0 atom stereocenters. The second-order valence-corrected chi connectivity index (χ2v) is 6.35. The van der Waals surface area contributed by atoms with Crippen molar-refractivity contribution in [2.75, 3.05) is 18.0 Å². The van der Waals surface area contributed by atoms with Gasteiger partial charge in [-0.1, -0.05) is 30.5 Å². The molecule has 0 N–H and O–H groups in total. The number of hydrogen-bond donors (Lipinski definition) is 0. The van der Waals surface area contributed by atoms with Crippen molar-refractivity contribution in [3.63, 3.8) is 0 Å². The minimum Gasteiger partial charge on any atom is -0.370 e. The number of hydrogen-bond acceptors (Lipinski definition) is 2. The van der Waals surface area contributed by atoms with E-state index in [1.807, 2.05) is 12.1 Å². The number of halogens is 1. The van der Waals surface area contributed by atoms with Crippen molar-refractivity contribution in [2.45, 2.75) is 38.5 Å². The highest BCUT2D eigenvalue weighted by Gasteiger charge is 2.37. The molecule has 1 spiro atoms. The Labute approximate surface area is 120 Å². The normalized spacial score (nSPS) is 21.6. The van der Waals surface area contributed by atoms with Gasteiger partial charge in [-0.3, -0.25) is 0 Å². The molecule has 19 heavy (non-hydrogen) atoms. The fourth-order valence-electron chi connectivity index (χ4n) is 3.73. The van der Waals surface area contributed by atoms with E-state index < -0.39 is 0 Å². The van der Waals surface area contributed by atoms with Gasteiger partial charge < -0.3 is 4.90 Å². The number of nitrogens with zero attached hydrogens (tertiary/aromatic N) is 2. The molecule has 2 fully saturated rings. The van der Waals surface area contributed by atoms with Gasteiger partial charge >= 0.3 is 0 Å². The Bertz CT molecular complexity index is 502. The smallest absolute Gasteiger partial charge is 0.103 e. The van der Waals surface area contributed by atoms with E-state index in [1.165, 1.54) is 38.5 Å². The molecule has 1 saturated carbocycles. The van der Waals surface area contributed by atoms with E-state index in [2.05, 4.69) is 11.0 Å². The van der Waals surface area contributed by atoms with Gasteiger partial charge in [0.2, 0.25) is 0 Å². The van der Waals surface area contributed by atoms with Gasteiger partial charge in [-0.15, -0.1) is 0 Å². The molecule has 0 radical (unpaired) electrons. The molecule has 1 aromatic carbocycles. The molecule has 1 aromatic rings. The van der Waals surface area contributed by atoms with Crippen LogP contribution in [0, 0.1) is 16.7 Å². The molecular formula is C16H19ClN2. The summed E-state index contributed by atoms with van der Waals surface area (Å²) in [6.45, 7) is 2.13. The first-order valence-electron chi connectivity index (χ1n) is 7.18. The SMILES string of the molecule is N#Cc1c(Cl)cccc1N1CCC2(CCCC2)CC1. The Morgan fingerprint density at radius 1 is 1.11 bits per heavy atom. The van der Waals surface area contributed by atoms with Crippen LogP contribution >= 0.6 is 11.6 Å². The summed E-state index contributed by atoms with van der Waals surface area (Å²) in [6, 6.07) is 8.01. The van der Waals surface area contributed by atoms with Crippen LogP contribution in [0.1, 0.15) is 44.1 Å². The Kier molecular flexibility index (Phi) is 3.41. The van der Waals surface area contributed by atoms with Crippen molar-refractivity contribution >= 4 is 17.3 Å². The van der Waals surface area contributed by atoms with E-state index in [0.29, 0.717) is 16.0 Å². The maximum absolute atomic E-state index is 9.27. The third-order valence-electron chi connectivity index (χ3n) is 4.93. The molecular weight excluding hydrogens is 256 g/mol. The van der Waals surface area contributed by atoms with E-state index in [9.17, 15) is 5.26 Å². The third kappa shape index (κ3) is 2.32. The largest absolute Gasteiger partial charge is 0.370 e. The van der Waals surface area contributed by atoms with E-state index in [4.69, 9.17) is 11.6 Å². The maximum Gasteiger partial charge on any atom is 0.103 e. The summed E-state index contributed by atoms with van der Waals surface area (Å²) < 4.78 is 0. The molecule has 0 amide bonds. The predicted molar refractivity (Wildman–Crippen MR) is 78.5 cm³/mol. The molecule has 2 aliphatic rings. The molecule has 0 bridgehead atoms. The van der Waals surface area contributed by atoms with Crippen molar-refractivity contribution < 1.29 is 0 Å². The Morgan fingerprint density at radius 3 is 2.42 bits per heavy atom. The fraction of sp³-hybridized carbons (Fsp3) is 0.562. The fourth-order valence-corrected chi connectivity index (χ4v) is 3.95. The summed E-state index contributed by atoms with van der Waals surface area (Å²) >= 11 is 6.12. The molecule has 1 aliphatic carbocycles. The third-order valence-corrected chi connectivity index (χ3v) is 5.25. The zero-order valence-electron chi connectivity index (χ0n) is 11.2. The summed E-state index contributed by atoms with van der Waals surface area (Å²) in [6.07, 6.45) is 8.15. The Hall–Kier alpha value is -1.20. The number of rotatable bonds is 1. The minimum absolute atomic E-state index is 0.571. The molecule has 1 aliphatic heterocycles. The van der Waals surface area contributed by atoms with Gasteiger partial charge in [-0.05, 0) is 43.2 Å². The first-order chi connectivity index (χ1) is 9.24. The van der Waals surface area contributed by atoms with Crippen molar-refractivity contribution in [1.29, 1.82) is 5.26 Å². The van der Waals surface area contributed by atoms with Gasteiger partial charge in [0.25, 0.3) is 0 Å². The first-order valence-corrected chi connectivity index (χ1v) is 7.55. The van der Waals surface area contributed by atoms with Crippen LogP contribution in [0.25, 0.3) is 0 Å². The number of anilines is 1. The summed E-state index contributed by atoms with van der Waals surface area (Å²) in [4.78, 5) is 2.34. The standard InChI is InChI=1S/C16H19ClN2/c17-14-4-3-5-15(13(14)12-18)19-10-8-16(9-11-19)6-1-2-7-16/h3-5H,1-2,6-11H2. The lowest BCUT2D eigenvalue weighted by atomic mass is 9.77. The zero-order valence-corrected chi connectivity index (χ0v) is 11.9. The predicted octanol–water partition coefficient (Wildman–Crippen LogP) is 4.37. The minimum atomic E-state index is 0.571.